The molecule has 2 atom stereocenters. The Balaban J connectivity index is 1.21. The van der Waals surface area contributed by atoms with Gasteiger partial charge in [0.2, 0.25) is 5.91 Å². The number of fused-ring (bicyclic) bond motifs is 1. The van der Waals surface area contributed by atoms with E-state index in [1.807, 2.05) is 35.2 Å². The van der Waals surface area contributed by atoms with Crippen LogP contribution in [0.4, 0.5) is 10.1 Å². The van der Waals surface area contributed by atoms with Crippen LogP contribution in [0.3, 0.4) is 0 Å². The molecule has 228 valence electrons. The minimum atomic E-state index is -0.333. The first-order valence-corrected chi connectivity index (χ1v) is 14.9. The van der Waals surface area contributed by atoms with Crippen molar-refractivity contribution >= 4 is 28.4 Å². The topological polar surface area (TPSA) is 107 Å². The van der Waals surface area contributed by atoms with E-state index >= 15 is 4.39 Å². The number of rotatable bonds is 11. The number of nitrogens with zero attached hydrogens (tertiary/aromatic N) is 4. The number of benzene rings is 2. The van der Waals surface area contributed by atoms with Crippen LogP contribution in [0.5, 0.6) is 0 Å². The molecular weight excluding hydrogens is 547 g/mol. The average molecular weight is 589 g/mol. The van der Waals surface area contributed by atoms with Crippen molar-refractivity contribution in [2.24, 2.45) is 12.8 Å². The molecule has 1 saturated heterocycles. The predicted molar refractivity (Wildman–Crippen MR) is 166 cm³/mol. The molecule has 1 aliphatic heterocycles. The van der Waals surface area contributed by atoms with E-state index < -0.39 is 0 Å². The summed E-state index contributed by atoms with van der Waals surface area (Å²) < 4.78 is 24.0. The van der Waals surface area contributed by atoms with Crippen LogP contribution in [0.1, 0.15) is 58.8 Å². The fraction of sp³-hybridized carbons (Fsp3) is 0.424. The molecule has 1 aliphatic rings. The third-order valence-electron chi connectivity index (χ3n) is 8.34. The van der Waals surface area contributed by atoms with Crippen molar-refractivity contribution in [2.75, 3.05) is 32.1 Å². The summed E-state index contributed by atoms with van der Waals surface area (Å²) >= 11 is 0. The monoisotopic (exact) mass is 588 g/mol. The summed E-state index contributed by atoms with van der Waals surface area (Å²) in [6.07, 6.45) is 6.59. The van der Waals surface area contributed by atoms with Crippen molar-refractivity contribution in [3.05, 3.63) is 83.1 Å². The van der Waals surface area contributed by atoms with Gasteiger partial charge in [-0.2, -0.15) is 5.10 Å². The van der Waals surface area contributed by atoms with E-state index in [-0.39, 0.29) is 36.0 Å². The molecule has 0 radical (unpaired) electrons. The lowest BCUT2D eigenvalue weighted by molar-refractivity contribution is -0.132. The number of piperidine rings is 1. The number of para-hydroxylation sites is 1. The third kappa shape index (κ3) is 6.97. The van der Waals surface area contributed by atoms with Crippen molar-refractivity contribution in [1.29, 1.82) is 0 Å². The Bertz CT molecular complexity index is 1580. The number of nitrogens with two attached hydrogens (primary N) is 1. The molecule has 5 rings (SSSR count). The number of carbonyl (C=O) groups is 2. The van der Waals surface area contributed by atoms with Crippen LogP contribution in [0.25, 0.3) is 10.9 Å². The van der Waals surface area contributed by atoms with E-state index in [9.17, 15) is 9.59 Å². The van der Waals surface area contributed by atoms with E-state index in [1.165, 1.54) is 12.3 Å². The second-order valence-electron chi connectivity index (χ2n) is 11.5. The molecule has 10 heteroatoms. The summed E-state index contributed by atoms with van der Waals surface area (Å²) in [6.45, 7) is 4.62. The lowest BCUT2D eigenvalue weighted by Crippen LogP contribution is -2.42. The van der Waals surface area contributed by atoms with Crippen LogP contribution in [0, 0.1) is 12.7 Å². The van der Waals surface area contributed by atoms with Gasteiger partial charge >= 0.3 is 0 Å². The van der Waals surface area contributed by atoms with Gasteiger partial charge in [-0.25, -0.2) is 4.39 Å². The van der Waals surface area contributed by atoms with Crippen LogP contribution in [-0.4, -0.2) is 63.9 Å². The Morgan fingerprint density at radius 1 is 1.21 bits per heavy atom. The predicted octanol–water partition coefficient (Wildman–Crippen LogP) is 4.78. The van der Waals surface area contributed by atoms with E-state index in [4.69, 9.17) is 10.5 Å². The molecule has 4 aromatic rings. The maximum atomic E-state index is 15.0. The van der Waals surface area contributed by atoms with Crippen LogP contribution in [-0.2, 0) is 29.5 Å². The Kier molecular flexibility index (Phi) is 9.57. The van der Waals surface area contributed by atoms with E-state index in [2.05, 4.69) is 21.9 Å². The van der Waals surface area contributed by atoms with E-state index in [1.54, 1.807) is 31.1 Å². The maximum absolute atomic E-state index is 15.0. The molecule has 0 aliphatic carbocycles. The molecule has 0 spiro atoms. The molecule has 0 saturated carbocycles. The first-order chi connectivity index (χ1) is 20.7. The highest BCUT2D eigenvalue weighted by molar-refractivity contribution is 6.03. The van der Waals surface area contributed by atoms with E-state index in [0.29, 0.717) is 49.4 Å². The number of anilines is 1. The Morgan fingerprint density at radius 3 is 2.72 bits per heavy atom. The molecule has 43 heavy (non-hydrogen) atoms. The number of hydrogen-bond acceptors (Lipinski definition) is 5. The quantitative estimate of drug-likeness (QED) is 0.245. The molecule has 2 aromatic carbocycles. The molecule has 2 amide bonds. The number of hydrogen-bond donors (Lipinski definition) is 2. The zero-order valence-corrected chi connectivity index (χ0v) is 25.2. The van der Waals surface area contributed by atoms with Gasteiger partial charge in [0.05, 0.1) is 17.3 Å². The number of halogens is 1. The summed E-state index contributed by atoms with van der Waals surface area (Å²) in [5.41, 5.74) is 11.5. The fourth-order valence-electron chi connectivity index (χ4n) is 6.30. The Hall–Kier alpha value is -4.02. The van der Waals surface area contributed by atoms with E-state index in [0.717, 1.165) is 41.5 Å². The number of nitrogens with one attached hydrogen (secondary N) is 1. The van der Waals surface area contributed by atoms with Crippen LogP contribution < -0.4 is 11.1 Å². The van der Waals surface area contributed by atoms with Crippen molar-refractivity contribution in [3.63, 3.8) is 0 Å². The standard InChI is InChI=1S/C33H41FN6O3/c1-22-28-8-4-9-29(34)32(28)40(15-6-16-43-3)31(22)24-7-5-14-39(21-24)30(41)18-26(35)17-23-10-12-27(13-11-23)37-33(42)25-19-36-38(2)20-25/h4,8-13,19-20,24,26H,5-7,14-18,21,35H2,1-3H3,(H,37,42)/t24?,26-/m1/s1. The number of aryl methyl sites for hydroxylation is 3. The number of amides is 2. The van der Waals surface area contributed by atoms with Gasteiger partial charge in [-0.15, -0.1) is 0 Å². The normalized spacial score (nSPS) is 16.0. The van der Waals surface area contributed by atoms with Crippen molar-refractivity contribution in [2.45, 2.75) is 57.5 Å². The molecule has 0 bridgehead atoms. The lowest BCUT2D eigenvalue weighted by atomic mass is 9.91. The van der Waals surface area contributed by atoms with Gasteiger partial charge in [0.25, 0.3) is 5.91 Å². The van der Waals surface area contributed by atoms with Gasteiger partial charge < -0.3 is 25.3 Å². The van der Waals surface area contributed by atoms with Crippen LogP contribution >= 0.6 is 0 Å². The minimum Gasteiger partial charge on any atom is -0.385 e. The van der Waals surface area contributed by atoms with Crippen molar-refractivity contribution < 1.29 is 18.7 Å². The van der Waals surface area contributed by atoms with Gasteiger partial charge in [0.15, 0.2) is 0 Å². The first-order valence-electron chi connectivity index (χ1n) is 14.9. The second kappa shape index (κ2) is 13.5. The minimum absolute atomic E-state index is 0.0448. The highest BCUT2D eigenvalue weighted by Gasteiger charge is 2.30. The molecule has 9 nitrogen and oxygen atoms in total. The molecular formula is C33H41FN6O3. The van der Waals surface area contributed by atoms with Crippen molar-refractivity contribution in [1.82, 2.24) is 19.2 Å². The highest BCUT2D eigenvalue weighted by atomic mass is 19.1. The van der Waals surface area contributed by atoms with Gasteiger partial charge in [-0.05, 0) is 61.9 Å². The Labute approximate surface area is 251 Å². The van der Waals surface area contributed by atoms with Gasteiger partial charge in [0, 0.05) is 81.7 Å². The molecule has 1 unspecified atom stereocenters. The number of aromatic nitrogens is 3. The van der Waals surface area contributed by atoms with Crippen LogP contribution in [0.15, 0.2) is 54.9 Å². The largest absolute Gasteiger partial charge is 0.385 e. The summed E-state index contributed by atoms with van der Waals surface area (Å²) in [4.78, 5) is 27.7. The summed E-state index contributed by atoms with van der Waals surface area (Å²) in [5.74, 6) is -0.275. The maximum Gasteiger partial charge on any atom is 0.258 e. The average Bonchev–Trinajstić information content (AvgIpc) is 3.55. The zero-order chi connectivity index (χ0) is 30.5. The number of likely N-dealkylation sites (tertiary alicyclic amines) is 1. The zero-order valence-electron chi connectivity index (χ0n) is 25.2. The molecule has 3 N–H and O–H groups in total. The fourth-order valence-corrected chi connectivity index (χ4v) is 6.30. The summed E-state index contributed by atoms with van der Waals surface area (Å²) in [6, 6.07) is 12.4. The number of ether oxygens (including phenoxy) is 1. The van der Waals surface area contributed by atoms with Gasteiger partial charge in [-0.3, -0.25) is 14.3 Å². The summed E-state index contributed by atoms with van der Waals surface area (Å²) in [5, 5.41) is 7.82. The second-order valence-corrected chi connectivity index (χ2v) is 11.5. The molecule has 2 aromatic heterocycles. The smallest absolute Gasteiger partial charge is 0.258 e. The van der Waals surface area contributed by atoms with Crippen molar-refractivity contribution in [3.8, 4) is 0 Å². The molecule has 1 fully saturated rings. The highest BCUT2D eigenvalue weighted by Crippen LogP contribution is 2.36. The summed E-state index contributed by atoms with van der Waals surface area (Å²) in [7, 11) is 3.44. The SMILES string of the molecule is COCCCn1c(C2CCCN(C(=O)C[C@H](N)Cc3ccc(NC(=O)c4cnn(C)c4)cc3)C2)c(C)c2cccc(F)c21. The van der Waals surface area contributed by atoms with Crippen LogP contribution in [0.2, 0.25) is 0 Å². The first kappa shape index (κ1) is 30.4. The molecule has 3 heterocycles. The number of carbonyl (C=O) groups excluding carboxylic acids is 2. The third-order valence-corrected chi connectivity index (χ3v) is 8.34. The number of methoxy groups -OCH3 is 1. The van der Waals surface area contributed by atoms with Gasteiger partial charge in [0.1, 0.15) is 5.82 Å². The lowest BCUT2D eigenvalue weighted by Gasteiger charge is -2.34. The van der Waals surface area contributed by atoms with Gasteiger partial charge in [-0.1, -0.05) is 24.3 Å². The Morgan fingerprint density at radius 2 is 2.00 bits per heavy atom.